The summed E-state index contributed by atoms with van der Waals surface area (Å²) in [5.41, 5.74) is 1.30. The summed E-state index contributed by atoms with van der Waals surface area (Å²) in [4.78, 5) is 0. The lowest BCUT2D eigenvalue weighted by Crippen LogP contribution is -2.94. The lowest BCUT2D eigenvalue weighted by Gasteiger charge is -2.70. The summed E-state index contributed by atoms with van der Waals surface area (Å²) in [5, 5.41) is 70.6. The predicted molar refractivity (Wildman–Crippen MR) is 67.1 cm³/mol. The summed E-state index contributed by atoms with van der Waals surface area (Å²) in [6, 6.07) is 0. The molecule has 126 valence electrons. The summed E-state index contributed by atoms with van der Waals surface area (Å²) in [5.74, 6) is -4.39. The number of nitrogens with one attached hydrogen (secondary N) is 2. The first kappa shape index (κ1) is 15.8. The highest BCUT2D eigenvalue weighted by Crippen LogP contribution is 2.56. The quantitative estimate of drug-likeness (QED) is 0.178. The van der Waals surface area contributed by atoms with Crippen LogP contribution < -0.4 is 11.1 Å². The molecule has 0 amide bonds. The van der Waals surface area contributed by atoms with E-state index in [0.29, 0.717) is 0 Å². The number of aliphatic hydroxyl groups excluding tert-OH is 4. The normalized spacial score (nSPS) is 56.2. The molecule has 0 radical (unpaired) electrons. The highest BCUT2D eigenvalue weighted by atomic mass is 16.9. The zero-order valence-electron chi connectivity index (χ0n) is 11.4. The number of ether oxygens (including phenoxy) is 2. The average Bonchev–Trinajstić information content (AvgIpc) is 2.45. The van der Waals surface area contributed by atoms with E-state index >= 15 is 0 Å². The zero-order valence-corrected chi connectivity index (χ0v) is 11.4. The lowest BCUT2D eigenvalue weighted by atomic mass is 9.56. The van der Waals surface area contributed by atoms with Crippen molar-refractivity contribution >= 4 is 5.96 Å². The smallest absolute Gasteiger partial charge is 0.311 e. The van der Waals surface area contributed by atoms with Gasteiger partial charge < -0.3 is 51.2 Å². The molecule has 4 aliphatic rings. The highest BCUT2D eigenvalue weighted by molar-refractivity contribution is 5.75. The van der Waals surface area contributed by atoms with Crippen molar-refractivity contribution in [2.45, 2.75) is 41.5 Å². The van der Waals surface area contributed by atoms with E-state index in [-0.39, 0.29) is 0 Å². The van der Waals surface area contributed by atoms with Gasteiger partial charge in [-0.3, -0.25) is 5.41 Å². The van der Waals surface area contributed by atoms with Crippen LogP contribution >= 0.6 is 0 Å². The predicted octanol–water partition coefficient (Wildman–Crippen LogP) is -5.28. The molecule has 4 bridgehead atoms. The number of aliphatic hydroxyl groups is 6. The highest BCUT2D eigenvalue weighted by Gasteiger charge is 2.81. The van der Waals surface area contributed by atoms with Crippen molar-refractivity contribution in [3.8, 4) is 0 Å². The molecule has 0 aromatic carbocycles. The van der Waals surface area contributed by atoms with Crippen LogP contribution in [0.1, 0.15) is 0 Å². The summed E-state index contributed by atoms with van der Waals surface area (Å²) in [6.07, 6.45) is -6.50. The Kier molecular flexibility index (Phi) is 3.23. The van der Waals surface area contributed by atoms with Gasteiger partial charge in [-0.15, -0.1) is 0 Å². The van der Waals surface area contributed by atoms with E-state index in [9.17, 15) is 30.6 Å². The van der Waals surface area contributed by atoms with Crippen LogP contribution in [0.25, 0.3) is 0 Å². The summed E-state index contributed by atoms with van der Waals surface area (Å²) < 4.78 is 10.2. The van der Waals surface area contributed by atoms with Crippen LogP contribution in [-0.4, -0.2) is 91.3 Å². The molecule has 1 aliphatic carbocycles. The largest absolute Gasteiger partial charge is 0.396 e. The van der Waals surface area contributed by atoms with E-state index < -0.39 is 66.6 Å². The zero-order chi connectivity index (χ0) is 16.5. The first-order chi connectivity index (χ1) is 10.2. The van der Waals surface area contributed by atoms with Crippen molar-refractivity contribution in [1.82, 2.24) is 5.32 Å². The van der Waals surface area contributed by atoms with Crippen LogP contribution in [0, 0.1) is 11.3 Å². The Balaban J connectivity index is 2.18. The molecule has 3 heterocycles. The van der Waals surface area contributed by atoms with E-state index in [1.165, 1.54) is 0 Å². The minimum atomic E-state index is -2.58. The third kappa shape index (κ3) is 1.54. The maximum absolute atomic E-state index is 10.5. The van der Waals surface area contributed by atoms with E-state index in [4.69, 9.17) is 20.6 Å². The second-order valence-electron chi connectivity index (χ2n) is 5.97. The molecule has 8 atom stereocenters. The second kappa shape index (κ2) is 4.49. The van der Waals surface area contributed by atoms with E-state index in [0.717, 1.165) is 0 Å². The summed E-state index contributed by atoms with van der Waals surface area (Å²) >= 11 is 0. The standard InChI is InChI=1S/C11H19N3O8/c12-8(13)14-10-3(1-15)5-9(19,2-16)6(4(10)17)22-11(20,21-5)7(10)18/h3-7,15-20H,1-2H2,(H4,12,13,14)/t3-,4?,5?,6?,7-,9-,10?,11?/m0/s1. The molecule has 11 heteroatoms. The average molecular weight is 321 g/mol. The van der Waals surface area contributed by atoms with Gasteiger partial charge in [-0.2, -0.15) is 0 Å². The summed E-state index contributed by atoms with van der Waals surface area (Å²) in [7, 11) is 0. The van der Waals surface area contributed by atoms with Gasteiger partial charge in [0, 0.05) is 5.92 Å². The Labute approximate surface area is 124 Å². The molecule has 5 unspecified atom stereocenters. The fourth-order valence-electron chi connectivity index (χ4n) is 3.94. The fraction of sp³-hybridized carbons (Fsp3) is 0.909. The van der Waals surface area contributed by atoms with Crippen molar-refractivity contribution in [1.29, 1.82) is 5.41 Å². The van der Waals surface area contributed by atoms with Gasteiger partial charge in [-0.25, -0.2) is 0 Å². The topological polar surface area (TPSA) is 202 Å². The Morgan fingerprint density at radius 3 is 2.27 bits per heavy atom. The van der Waals surface area contributed by atoms with E-state index in [2.05, 4.69) is 5.32 Å². The van der Waals surface area contributed by atoms with Gasteiger partial charge in [-0.05, 0) is 0 Å². The van der Waals surface area contributed by atoms with Crippen molar-refractivity contribution in [2.75, 3.05) is 13.2 Å². The molecule has 0 aromatic rings. The molecule has 3 saturated heterocycles. The van der Waals surface area contributed by atoms with E-state index in [1.54, 1.807) is 0 Å². The maximum atomic E-state index is 10.5. The van der Waals surface area contributed by atoms with Gasteiger partial charge in [0.25, 0.3) is 0 Å². The first-order valence-corrected chi connectivity index (χ1v) is 6.67. The van der Waals surface area contributed by atoms with Crippen LogP contribution in [0.4, 0.5) is 0 Å². The molecule has 4 fully saturated rings. The van der Waals surface area contributed by atoms with Crippen LogP contribution in [0.15, 0.2) is 0 Å². The Morgan fingerprint density at radius 2 is 1.77 bits per heavy atom. The Morgan fingerprint density at radius 1 is 1.18 bits per heavy atom. The number of nitrogens with two attached hydrogens (primary N) is 1. The molecule has 3 aliphatic heterocycles. The minimum Gasteiger partial charge on any atom is -0.396 e. The number of guanidine groups is 1. The maximum Gasteiger partial charge on any atom is 0.311 e. The minimum absolute atomic E-state index is 0.630. The molecule has 4 rings (SSSR count). The molecule has 0 aromatic heterocycles. The van der Waals surface area contributed by atoms with Gasteiger partial charge in [0.1, 0.15) is 29.5 Å². The van der Waals surface area contributed by atoms with Gasteiger partial charge in [0.15, 0.2) is 12.1 Å². The summed E-state index contributed by atoms with van der Waals surface area (Å²) in [6.45, 7) is -1.57. The first-order valence-electron chi connectivity index (χ1n) is 6.67. The molecular formula is C11H19N3O8. The van der Waals surface area contributed by atoms with Gasteiger partial charge in [-0.1, -0.05) is 0 Å². The van der Waals surface area contributed by atoms with Gasteiger partial charge in [0.05, 0.1) is 13.2 Å². The molecule has 1 saturated carbocycles. The third-order valence-electron chi connectivity index (χ3n) is 4.93. The number of hydrogen-bond acceptors (Lipinski definition) is 9. The van der Waals surface area contributed by atoms with Gasteiger partial charge >= 0.3 is 5.97 Å². The van der Waals surface area contributed by atoms with Crippen LogP contribution in [0.3, 0.4) is 0 Å². The molecular weight excluding hydrogens is 302 g/mol. The van der Waals surface area contributed by atoms with Crippen molar-refractivity contribution in [2.24, 2.45) is 11.7 Å². The van der Waals surface area contributed by atoms with Crippen molar-refractivity contribution in [3.05, 3.63) is 0 Å². The second-order valence-corrected chi connectivity index (χ2v) is 5.97. The molecule has 11 nitrogen and oxygen atoms in total. The Hall–Kier alpha value is -1.05. The fourth-order valence-corrected chi connectivity index (χ4v) is 3.94. The SMILES string of the molecule is N=C(N)NC12C(O)C3OC(O)(OC([C@@H]1CO)[C@@]3(O)CO)[C@H]2O. The number of rotatable bonds is 3. The van der Waals surface area contributed by atoms with Crippen LogP contribution in [0.5, 0.6) is 0 Å². The van der Waals surface area contributed by atoms with Crippen LogP contribution in [0.2, 0.25) is 0 Å². The third-order valence-corrected chi connectivity index (χ3v) is 4.93. The molecule has 22 heavy (non-hydrogen) atoms. The Bertz CT molecular complexity index is 508. The van der Waals surface area contributed by atoms with Crippen molar-refractivity contribution < 1.29 is 40.1 Å². The molecule has 10 N–H and O–H groups in total. The van der Waals surface area contributed by atoms with Gasteiger partial charge in [0.2, 0.25) is 0 Å². The van der Waals surface area contributed by atoms with Crippen LogP contribution in [-0.2, 0) is 9.47 Å². The van der Waals surface area contributed by atoms with E-state index in [1.807, 2.05) is 0 Å². The monoisotopic (exact) mass is 321 g/mol. The number of hydrogen-bond donors (Lipinski definition) is 9. The molecule has 0 spiro atoms. The lowest BCUT2D eigenvalue weighted by molar-refractivity contribution is -0.545. The van der Waals surface area contributed by atoms with Crippen molar-refractivity contribution in [3.63, 3.8) is 0 Å².